The van der Waals surface area contributed by atoms with E-state index in [1.54, 1.807) is 6.07 Å². The molecule has 8 heteroatoms. The molecule has 184 valence electrons. The second-order valence-corrected chi connectivity index (χ2v) is 9.35. The molecule has 0 atom stereocenters. The fourth-order valence-electron chi connectivity index (χ4n) is 4.17. The largest absolute Gasteiger partial charge is 0.488 e. The number of urea groups is 1. The van der Waals surface area contributed by atoms with Crippen LogP contribution >= 0.6 is 23.2 Å². The molecule has 0 bridgehead atoms. The zero-order valence-electron chi connectivity index (χ0n) is 19.6. The Hall–Kier alpha value is -4.13. The SMILES string of the molecule is Cc1cccc(COc2ccc3ccccc3c2/C=C2\C(=O)NC(=O)N(c3ccc(Cl)c(Cl)c3)C2=O)c1. The minimum absolute atomic E-state index is 0.170. The van der Waals surface area contributed by atoms with Crippen molar-refractivity contribution in [1.82, 2.24) is 5.32 Å². The molecule has 5 rings (SSSR count). The molecule has 0 aliphatic carbocycles. The number of fused-ring (bicyclic) bond motifs is 1. The van der Waals surface area contributed by atoms with Crippen molar-refractivity contribution in [1.29, 1.82) is 0 Å². The van der Waals surface area contributed by atoms with Crippen LogP contribution in [-0.2, 0) is 16.2 Å². The summed E-state index contributed by atoms with van der Waals surface area (Å²) in [5, 5.41) is 4.37. The van der Waals surface area contributed by atoms with Crippen LogP contribution in [0.4, 0.5) is 10.5 Å². The van der Waals surface area contributed by atoms with Crippen LogP contribution in [-0.4, -0.2) is 17.8 Å². The second-order valence-electron chi connectivity index (χ2n) is 8.53. The lowest BCUT2D eigenvalue weighted by Gasteiger charge is -2.26. The lowest BCUT2D eigenvalue weighted by Crippen LogP contribution is -2.54. The number of amides is 4. The van der Waals surface area contributed by atoms with Crippen molar-refractivity contribution in [3.63, 3.8) is 0 Å². The van der Waals surface area contributed by atoms with Gasteiger partial charge in [0.2, 0.25) is 0 Å². The van der Waals surface area contributed by atoms with Crippen molar-refractivity contribution in [2.75, 3.05) is 4.90 Å². The zero-order valence-corrected chi connectivity index (χ0v) is 21.1. The fourth-order valence-corrected chi connectivity index (χ4v) is 4.47. The molecule has 0 radical (unpaired) electrons. The highest BCUT2D eigenvalue weighted by Crippen LogP contribution is 2.33. The summed E-state index contributed by atoms with van der Waals surface area (Å²) in [5.41, 5.74) is 2.60. The third-order valence-corrected chi connectivity index (χ3v) is 6.70. The highest BCUT2D eigenvalue weighted by Gasteiger charge is 2.37. The maximum Gasteiger partial charge on any atom is 0.335 e. The first-order valence-electron chi connectivity index (χ1n) is 11.4. The van der Waals surface area contributed by atoms with E-state index in [4.69, 9.17) is 27.9 Å². The standard InChI is InChI=1S/C29H20Cl2N2O4/c1-17-5-4-6-18(13-17)16-37-26-12-9-19-7-2-3-8-21(19)22(26)15-23-27(34)32-29(36)33(28(23)35)20-10-11-24(30)25(31)14-20/h2-15H,16H2,1H3,(H,32,34,36)/b23-15+. The number of aryl methyl sites for hydroxylation is 1. The number of ether oxygens (including phenoxy) is 1. The van der Waals surface area contributed by atoms with Gasteiger partial charge < -0.3 is 4.74 Å². The predicted molar refractivity (Wildman–Crippen MR) is 145 cm³/mol. The number of benzene rings is 4. The third-order valence-electron chi connectivity index (χ3n) is 5.96. The number of carbonyl (C=O) groups is 3. The summed E-state index contributed by atoms with van der Waals surface area (Å²) in [7, 11) is 0. The van der Waals surface area contributed by atoms with Crippen LogP contribution in [0.1, 0.15) is 16.7 Å². The highest BCUT2D eigenvalue weighted by molar-refractivity contribution is 6.43. The summed E-state index contributed by atoms with van der Waals surface area (Å²) < 4.78 is 6.16. The molecule has 1 aliphatic rings. The summed E-state index contributed by atoms with van der Waals surface area (Å²) in [6, 6.07) is 22.7. The van der Waals surface area contributed by atoms with Crippen LogP contribution in [0, 0.1) is 6.92 Å². The minimum atomic E-state index is -0.876. The number of barbiturate groups is 1. The summed E-state index contributed by atoms with van der Waals surface area (Å²) in [6.45, 7) is 2.30. The van der Waals surface area contributed by atoms with Gasteiger partial charge in [-0.3, -0.25) is 14.9 Å². The van der Waals surface area contributed by atoms with E-state index in [2.05, 4.69) is 5.32 Å². The number of hydrogen-bond donors (Lipinski definition) is 1. The van der Waals surface area contributed by atoms with Crippen LogP contribution in [0.3, 0.4) is 0 Å². The van der Waals surface area contributed by atoms with Gasteiger partial charge >= 0.3 is 6.03 Å². The number of anilines is 1. The van der Waals surface area contributed by atoms with E-state index in [1.165, 1.54) is 24.3 Å². The van der Waals surface area contributed by atoms with Gasteiger partial charge in [0, 0.05) is 5.56 Å². The molecule has 1 saturated heterocycles. The molecule has 37 heavy (non-hydrogen) atoms. The Morgan fingerprint density at radius 2 is 1.70 bits per heavy atom. The quantitative estimate of drug-likeness (QED) is 0.230. The number of nitrogens with one attached hydrogen (secondary N) is 1. The Morgan fingerprint density at radius 1 is 0.892 bits per heavy atom. The Kier molecular flexibility index (Phi) is 6.70. The van der Waals surface area contributed by atoms with Crippen molar-refractivity contribution in [2.45, 2.75) is 13.5 Å². The van der Waals surface area contributed by atoms with E-state index in [-0.39, 0.29) is 21.3 Å². The normalized spacial score (nSPS) is 14.8. The van der Waals surface area contributed by atoms with Crippen LogP contribution < -0.4 is 15.0 Å². The van der Waals surface area contributed by atoms with Gasteiger partial charge in [0.05, 0.1) is 15.7 Å². The van der Waals surface area contributed by atoms with Crippen molar-refractivity contribution >= 4 is 63.6 Å². The van der Waals surface area contributed by atoms with E-state index in [0.29, 0.717) is 17.9 Å². The molecular formula is C29H20Cl2N2O4. The Morgan fingerprint density at radius 3 is 2.49 bits per heavy atom. The maximum absolute atomic E-state index is 13.5. The van der Waals surface area contributed by atoms with Gasteiger partial charge in [-0.15, -0.1) is 0 Å². The van der Waals surface area contributed by atoms with Gasteiger partial charge in [0.25, 0.3) is 11.8 Å². The first kappa shape index (κ1) is 24.6. The minimum Gasteiger partial charge on any atom is -0.488 e. The van der Waals surface area contributed by atoms with Crippen LogP contribution in [0.5, 0.6) is 5.75 Å². The van der Waals surface area contributed by atoms with E-state index in [1.807, 2.05) is 61.5 Å². The molecule has 0 aromatic heterocycles. The second kappa shape index (κ2) is 10.1. The predicted octanol–water partition coefficient (Wildman–Crippen LogP) is 6.70. The lowest BCUT2D eigenvalue weighted by molar-refractivity contribution is -0.122. The van der Waals surface area contributed by atoms with Crippen molar-refractivity contribution in [3.8, 4) is 5.75 Å². The van der Waals surface area contributed by atoms with Crippen molar-refractivity contribution < 1.29 is 19.1 Å². The Bertz CT molecular complexity index is 1610. The zero-order chi connectivity index (χ0) is 26.1. The first-order chi connectivity index (χ1) is 17.8. The molecule has 0 saturated carbocycles. The number of carbonyl (C=O) groups excluding carboxylic acids is 3. The molecule has 4 aromatic carbocycles. The van der Waals surface area contributed by atoms with E-state index >= 15 is 0 Å². The van der Waals surface area contributed by atoms with Crippen LogP contribution in [0.25, 0.3) is 16.8 Å². The molecule has 1 N–H and O–H groups in total. The van der Waals surface area contributed by atoms with Crippen molar-refractivity contribution in [3.05, 3.63) is 111 Å². The molecule has 6 nitrogen and oxygen atoms in total. The molecular weight excluding hydrogens is 511 g/mol. The molecule has 4 amide bonds. The number of halogens is 2. The van der Waals surface area contributed by atoms with Gasteiger partial charge in [0.1, 0.15) is 17.9 Å². The topological polar surface area (TPSA) is 75.7 Å². The molecule has 0 unspecified atom stereocenters. The van der Waals surface area contributed by atoms with Gasteiger partial charge in [-0.25, -0.2) is 9.69 Å². The molecule has 1 fully saturated rings. The van der Waals surface area contributed by atoms with Gasteiger partial charge in [-0.05, 0) is 53.6 Å². The van der Waals surface area contributed by atoms with E-state index < -0.39 is 17.8 Å². The Labute approximate surface area is 223 Å². The van der Waals surface area contributed by atoms with Crippen LogP contribution in [0.2, 0.25) is 10.0 Å². The molecule has 1 aliphatic heterocycles. The van der Waals surface area contributed by atoms with E-state index in [9.17, 15) is 14.4 Å². The summed E-state index contributed by atoms with van der Waals surface area (Å²) in [6.07, 6.45) is 1.46. The monoisotopic (exact) mass is 530 g/mol. The van der Waals surface area contributed by atoms with Crippen LogP contribution in [0.15, 0.2) is 84.4 Å². The fraction of sp³-hybridized carbons (Fsp3) is 0.0690. The summed E-state index contributed by atoms with van der Waals surface area (Å²) >= 11 is 12.1. The van der Waals surface area contributed by atoms with Gasteiger partial charge in [-0.2, -0.15) is 0 Å². The Balaban J connectivity index is 1.58. The van der Waals surface area contributed by atoms with Crippen molar-refractivity contribution in [2.24, 2.45) is 0 Å². The highest BCUT2D eigenvalue weighted by atomic mass is 35.5. The molecule has 0 spiro atoms. The number of nitrogens with zero attached hydrogens (tertiary/aromatic N) is 1. The summed E-state index contributed by atoms with van der Waals surface area (Å²) in [4.78, 5) is 39.8. The molecule has 1 heterocycles. The number of imide groups is 2. The smallest absolute Gasteiger partial charge is 0.335 e. The van der Waals surface area contributed by atoms with Gasteiger partial charge in [0.15, 0.2) is 0 Å². The number of hydrogen-bond acceptors (Lipinski definition) is 4. The van der Waals surface area contributed by atoms with E-state index in [0.717, 1.165) is 26.8 Å². The third kappa shape index (κ3) is 4.94. The average molecular weight is 531 g/mol. The first-order valence-corrected chi connectivity index (χ1v) is 12.1. The maximum atomic E-state index is 13.5. The van der Waals surface area contributed by atoms with Gasteiger partial charge in [-0.1, -0.05) is 83.4 Å². The average Bonchev–Trinajstić information content (AvgIpc) is 2.87. The molecule has 4 aromatic rings. The number of rotatable bonds is 5. The lowest BCUT2D eigenvalue weighted by atomic mass is 9.99. The summed E-state index contributed by atoms with van der Waals surface area (Å²) in [5.74, 6) is -1.10.